The van der Waals surface area contributed by atoms with Crippen molar-refractivity contribution in [3.8, 4) is 0 Å². The van der Waals surface area contributed by atoms with Gasteiger partial charge >= 0.3 is 39.5 Å². The molecule has 660 valence electrons. The molecule has 0 aromatic heterocycles. The fourth-order valence-corrected chi connectivity index (χ4v) is 16.0. The first-order valence-electron chi connectivity index (χ1n) is 47.5. The van der Waals surface area contributed by atoms with E-state index in [4.69, 9.17) is 37.0 Å². The summed E-state index contributed by atoms with van der Waals surface area (Å²) in [7, 11) is -9.94. The van der Waals surface area contributed by atoms with Gasteiger partial charge in [0.1, 0.15) is 19.3 Å². The van der Waals surface area contributed by atoms with Crippen molar-refractivity contribution in [2.75, 3.05) is 39.6 Å². The van der Waals surface area contributed by atoms with Gasteiger partial charge in [-0.1, -0.05) is 446 Å². The summed E-state index contributed by atoms with van der Waals surface area (Å²) in [5.74, 6) is -0.459. The van der Waals surface area contributed by atoms with Crippen LogP contribution >= 0.6 is 15.6 Å². The smallest absolute Gasteiger partial charge is 0.462 e. The van der Waals surface area contributed by atoms with Crippen LogP contribution in [-0.2, 0) is 65.4 Å². The number of hydrogen-bond acceptors (Lipinski definition) is 15. The maximum Gasteiger partial charge on any atom is 0.472 e. The Morgan fingerprint density at radius 1 is 0.261 bits per heavy atom. The molecule has 111 heavy (non-hydrogen) atoms. The predicted molar refractivity (Wildman–Crippen MR) is 460 cm³/mol. The topological polar surface area (TPSA) is 237 Å². The molecule has 0 aliphatic carbocycles. The number of phosphoric ester groups is 2. The zero-order valence-corrected chi connectivity index (χ0v) is 75.1. The SMILES string of the molecule is CCCCCCCCCCCCCCCCCCCCCCCCC(=O)OC[C@H](COP(=O)(O)OC[C@@H](O)COP(=O)(O)OC[C@@H](COC(=O)CCCCCCCCCCCCCCC)OC(=O)CCCCCCCCCCCCCC(C)C)OC(=O)CCCCCCCCCCCCCCCCCCCCC(C)CC. The summed E-state index contributed by atoms with van der Waals surface area (Å²) in [4.78, 5) is 73.4. The Bertz CT molecular complexity index is 2120. The van der Waals surface area contributed by atoms with Gasteiger partial charge in [-0.05, 0) is 37.5 Å². The predicted octanol–water partition coefficient (Wildman–Crippen LogP) is 28.6. The largest absolute Gasteiger partial charge is 0.472 e. The second-order valence-corrected chi connectivity index (χ2v) is 36.7. The third-order valence-corrected chi connectivity index (χ3v) is 24.0. The van der Waals surface area contributed by atoms with Crippen molar-refractivity contribution in [2.45, 2.75) is 516 Å². The van der Waals surface area contributed by atoms with Crippen LogP contribution in [0.25, 0.3) is 0 Å². The third-order valence-electron chi connectivity index (χ3n) is 22.1. The Morgan fingerprint density at radius 3 is 0.685 bits per heavy atom. The molecule has 3 unspecified atom stereocenters. The number of carbonyl (C=O) groups excluding carboxylic acids is 4. The Labute approximate surface area is 683 Å². The van der Waals surface area contributed by atoms with Gasteiger partial charge in [0.25, 0.3) is 0 Å². The molecule has 0 rings (SSSR count). The van der Waals surface area contributed by atoms with Crippen LogP contribution in [-0.4, -0.2) is 96.7 Å². The number of aliphatic hydroxyl groups excluding tert-OH is 1. The first-order valence-corrected chi connectivity index (χ1v) is 50.5. The van der Waals surface area contributed by atoms with E-state index in [0.29, 0.717) is 25.7 Å². The molecule has 0 aliphatic rings. The number of aliphatic hydroxyl groups is 1. The number of esters is 4. The second kappa shape index (κ2) is 83.1. The Kier molecular flexibility index (Phi) is 81.7. The molecule has 0 aliphatic heterocycles. The van der Waals surface area contributed by atoms with Gasteiger partial charge in [-0.3, -0.25) is 37.3 Å². The number of phosphoric acid groups is 2. The average Bonchev–Trinajstić information content (AvgIpc) is 0.894. The number of unbranched alkanes of at least 4 members (excludes halogenated alkanes) is 60. The molecule has 0 saturated carbocycles. The fraction of sp³-hybridized carbons (Fsp3) is 0.957. The first-order chi connectivity index (χ1) is 53.9. The van der Waals surface area contributed by atoms with Crippen molar-refractivity contribution in [1.29, 1.82) is 0 Å². The van der Waals surface area contributed by atoms with Crippen molar-refractivity contribution in [3.05, 3.63) is 0 Å². The lowest BCUT2D eigenvalue weighted by molar-refractivity contribution is -0.161. The maximum absolute atomic E-state index is 13.2. The van der Waals surface area contributed by atoms with E-state index < -0.39 is 97.5 Å². The number of hydrogen-bond donors (Lipinski definition) is 3. The van der Waals surface area contributed by atoms with Crippen LogP contribution in [0, 0.1) is 11.8 Å². The molecule has 0 aromatic rings. The minimum absolute atomic E-state index is 0.107. The molecule has 0 fully saturated rings. The quantitative estimate of drug-likeness (QED) is 0.0222. The standard InChI is InChI=1S/C92H180O17P2/c1-7-10-12-14-16-18-20-22-23-24-25-26-27-28-32-35-39-45-51-57-63-69-75-90(95)103-80-87(108-91(96)76-70-64-58-52-46-40-36-33-30-29-31-34-38-43-49-55-61-67-73-85(6)9-3)82-106-110(98,99)104-78-86(93)79-105-111(100,101)107-83-88(81-102-89(94)74-68-62-56-50-44-37-21-19-17-15-13-11-8-2)109-92(97)77-71-65-59-53-47-41-42-48-54-60-66-72-84(4)5/h84-88,93H,7-83H2,1-6H3,(H,98,99)(H,100,101)/t85?,86-,87-,88-/m1/s1. The zero-order chi connectivity index (χ0) is 81.3. The van der Waals surface area contributed by atoms with Gasteiger partial charge in [0.2, 0.25) is 0 Å². The third kappa shape index (κ3) is 84.3. The van der Waals surface area contributed by atoms with Gasteiger partial charge in [-0.2, -0.15) is 0 Å². The molecule has 0 saturated heterocycles. The van der Waals surface area contributed by atoms with Crippen LogP contribution < -0.4 is 0 Å². The van der Waals surface area contributed by atoms with Crippen LogP contribution in [0.1, 0.15) is 497 Å². The summed E-state index contributed by atoms with van der Waals surface area (Å²) in [6, 6.07) is 0. The summed E-state index contributed by atoms with van der Waals surface area (Å²) < 4.78 is 69.1. The van der Waals surface area contributed by atoms with Crippen molar-refractivity contribution in [1.82, 2.24) is 0 Å². The summed E-state index contributed by atoms with van der Waals surface area (Å²) in [5, 5.41) is 10.7. The molecule has 17 nitrogen and oxygen atoms in total. The monoisotopic (exact) mass is 1620 g/mol. The second-order valence-electron chi connectivity index (χ2n) is 33.8. The average molecular weight is 1620 g/mol. The molecular weight excluding hydrogens is 1440 g/mol. The van der Waals surface area contributed by atoms with E-state index in [1.54, 1.807) is 0 Å². The molecule has 19 heteroatoms. The van der Waals surface area contributed by atoms with Gasteiger partial charge in [-0.25, -0.2) is 9.13 Å². The van der Waals surface area contributed by atoms with Gasteiger partial charge < -0.3 is 33.8 Å². The van der Waals surface area contributed by atoms with Crippen LogP contribution in [0.15, 0.2) is 0 Å². The molecule has 0 bridgehead atoms. The molecule has 0 spiro atoms. The van der Waals surface area contributed by atoms with Crippen LogP contribution in [0.2, 0.25) is 0 Å². The highest BCUT2D eigenvalue weighted by molar-refractivity contribution is 7.47. The van der Waals surface area contributed by atoms with Gasteiger partial charge in [-0.15, -0.1) is 0 Å². The Morgan fingerprint density at radius 2 is 0.459 bits per heavy atom. The fourth-order valence-electron chi connectivity index (χ4n) is 14.4. The van der Waals surface area contributed by atoms with E-state index in [1.807, 2.05) is 0 Å². The summed E-state index contributed by atoms with van der Waals surface area (Å²) >= 11 is 0. The summed E-state index contributed by atoms with van der Waals surface area (Å²) in [6.45, 7) is 9.77. The highest BCUT2D eigenvalue weighted by Crippen LogP contribution is 2.45. The summed E-state index contributed by atoms with van der Waals surface area (Å²) in [5.41, 5.74) is 0. The lowest BCUT2D eigenvalue weighted by Crippen LogP contribution is -2.30. The maximum atomic E-state index is 13.2. The molecular formula is C92H180O17P2. The number of carbonyl (C=O) groups is 4. The van der Waals surface area contributed by atoms with Crippen molar-refractivity contribution < 1.29 is 80.2 Å². The van der Waals surface area contributed by atoms with E-state index in [1.165, 1.54) is 315 Å². The van der Waals surface area contributed by atoms with E-state index >= 15 is 0 Å². The molecule has 3 N–H and O–H groups in total. The normalized spacial score (nSPS) is 14.0. The van der Waals surface area contributed by atoms with Crippen molar-refractivity contribution in [2.24, 2.45) is 11.8 Å². The molecule has 0 radical (unpaired) electrons. The van der Waals surface area contributed by atoms with E-state index in [-0.39, 0.29) is 25.7 Å². The van der Waals surface area contributed by atoms with Crippen LogP contribution in [0.3, 0.4) is 0 Å². The van der Waals surface area contributed by atoms with E-state index in [2.05, 4.69) is 41.5 Å². The molecule has 0 aromatic carbocycles. The highest BCUT2D eigenvalue weighted by Gasteiger charge is 2.31. The Balaban J connectivity index is 5.23. The van der Waals surface area contributed by atoms with Crippen LogP contribution in [0.5, 0.6) is 0 Å². The first kappa shape index (κ1) is 109. The van der Waals surface area contributed by atoms with E-state index in [9.17, 15) is 43.2 Å². The van der Waals surface area contributed by atoms with Crippen LogP contribution in [0.4, 0.5) is 0 Å². The number of ether oxygens (including phenoxy) is 4. The van der Waals surface area contributed by atoms with Crippen molar-refractivity contribution >= 4 is 39.5 Å². The van der Waals surface area contributed by atoms with Crippen molar-refractivity contribution in [3.63, 3.8) is 0 Å². The van der Waals surface area contributed by atoms with Gasteiger partial charge in [0, 0.05) is 25.7 Å². The molecule has 6 atom stereocenters. The molecule has 0 heterocycles. The van der Waals surface area contributed by atoms with Gasteiger partial charge in [0.05, 0.1) is 26.4 Å². The Hall–Kier alpha value is -1.94. The zero-order valence-electron chi connectivity index (χ0n) is 73.3. The minimum Gasteiger partial charge on any atom is -0.462 e. The summed E-state index contributed by atoms with van der Waals surface area (Å²) in [6.07, 6.45) is 77.8. The molecule has 0 amide bonds. The lowest BCUT2D eigenvalue weighted by Gasteiger charge is -2.21. The lowest BCUT2D eigenvalue weighted by atomic mass is 9.99. The van der Waals surface area contributed by atoms with Gasteiger partial charge in [0.15, 0.2) is 12.2 Å². The highest BCUT2D eigenvalue weighted by atomic mass is 31.2. The number of rotatable bonds is 91. The van der Waals surface area contributed by atoms with E-state index in [0.717, 1.165) is 102 Å². The minimum atomic E-state index is -4.97.